The van der Waals surface area contributed by atoms with Gasteiger partial charge in [-0.1, -0.05) is 0 Å². The summed E-state index contributed by atoms with van der Waals surface area (Å²) < 4.78 is 0. The van der Waals surface area contributed by atoms with Crippen LogP contribution in [0.1, 0.15) is 10.4 Å². The SMILES string of the molecule is NC(=O)C(O)CNC(=O)c1ccnnc1. The lowest BCUT2D eigenvalue weighted by Crippen LogP contribution is -2.40. The molecule has 15 heavy (non-hydrogen) atoms. The Morgan fingerprint density at radius 1 is 1.53 bits per heavy atom. The zero-order valence-corrected chi connectivity index (χ0v) is 7.75. The lowest BCUT2D eigenvalue weighted by molar-refractivity contribution is -0.125. The summed E-state index contributed by atoms with van der Waals surface area (Å²) in [5.74, 6) is -1.34. The van der Waals surface area contributed by atoms with Crippen LogP contribution in [-0.4, -0.2) is 39.8 Å². The van der Waals surface area contributed by atoms with E-state index in [2.05, 4.69) is 15.5 Å². The van der Waals surface area contributed by atoms with Crippen molar-refractivity contribution in [1.82, 2.24) is 15.5 Å². The van der Waals surface area contributed by atoms with Crippen molar-refractivity contribution in [3.05, 3.63) is 24.0 Å². The third-order valence-corrected chi connectivity index (χ3v) is 1.63. The first-order chi connectivity index (χ1) is 7.11. The van der Waals surface area contributed by atoms with E-state index in [0.717, 1.165) is 0 Å². The Kier molecular flexibility index (Phi) is 3.69. The summed E-state index contributed by atoms with van der Waals surface area (Å²) in [6.45, 7) is -0.226. The summed E-state index contributed by atoms with van der Waals surface area (Å²) in [6.07, 6.45) is 1.24. The van der Waals surface area contributed by atoms with E-state index in [4.69, 9.17) is 10.8 Å². The molecule has 1 unspecified atom stereocenters. The number of nitrogens with two attached hydrogens (primary N) is 1. The summed E-state index contributed by atoms with van der Waals surface area (Å²) >= 11 is 0. The lowest BCUT2D eigenvalue weighted by Gasteiger charge is -2.07. The number of primary amides is 1. The number of rotatable bonds is 4. The minimum Gasteiger partial charge on any atom is -0.381 e. The average Bonchev–Trinajstić information content (AvgIpc) is 2.26. The normalized spacial score (nSPS) is 11.8. The van der Waals surface area contributed by atoms with Gasteiger partial charge in [0, 0.05) is 0 Å². The molecule has 0 aliphatic heterocycles. The fraction of sp³-hybridized carbons (Fsp3) is 0.250. The number of nitrogens with one attached hydrogen (secondary N) is 1. The predicted octanol–water partition coefficient (Wildman–Crippen LogP) is -1.95. The van der Waals surface area contributed by atoms with E-state index < -0.39 is 17.9 Å². The second kappa shape index (κ2) is 5.01. The van der Waals surface area contributed by atoms with Crippen LogP contribution in [-0.2, 0) is 4.79 Å². The Balaban J connectivity index is 2.47. The number of nitrogens with zero attached hydrogens (tertiary/aromatic N) is 2. The molecule has 0 spiro atoms. The highest BCUT2D eigenvalue weighted by Crippen LogP contribution is 1.93. The number of carbonyl (C=O) groups is 2. The number of aromatic nitrogens is 2. The highest BCUT2D eigenvalue weighted by molar-refractivity contribution is 5.94. The average molecular weight is 210 g/mol. The quantitative estimate of drug-likeness (QED) is 0.534. The van der Waals surface area contributed by atoms with Crippen LogP contribution in [0.4, 0.5) is 0 Å². The van der Waals surface area contributed by atoms with Crippen molar-refractivity contribution in [2.24, 2.45) is 5.73 Å². The maximum absolute atomic E-state index is 11.3. The van der Waals surface area contributed by atoms with Crippen LogP contribution in [0.2, 0.25) is 0 Å². The van der Waals surface area contributed by atoms with Crippen molar-refractivity contribution in [1.29, 1.82) is 0 Å². The zero-order valence-electron chi connectivity index (χ0n) is 7.75. The van der Waals surface area contributed by atoms with E-state index in [9.17, 15) is 9.59 Å². The highest BCUT2D eigenvalue weighted by Gasteiger charge is 2.12. The molecule has 1 heterocycles. The van der Waals surface area contributed by atoms with Gasteiger partial charge in [-0.25, -0.2) is 0 Å². The van der Waals surface area contributed by atoms with Gasteiger partial charge >= 0.3 is 0 Å². The van der Waals surface area contributed by atoms with Gasteiger partial charge in [-0.2, -0.15) is 10.2 Å². The molecule has 1 aromatic rings. The molecule has 0 saturated carbocycles. The Morgan fingerprint density at radius 2 is 2.27 bits per heavy atom. The Labute approximate surface area is 85.3 Å². The van der Waals surface area contributed by atoms with Crippen molar-refractivity contribution >= 4 is 11.8 Å². The lowest BCUT2D eigenvalue weighted by atomic mass is 10.3. The Hall–Kier alpha value is -2.02. The summed E-state index contributed by atoms with van der Waals surface area (Å²) in [7, 11) is 0. The molecule has 4 N–H and O–H groups in total. The molecule has 0 aliphatic rings. The number of aliphatic hydroxyl groups is 1. The number of hydrogen-bond acceptors (Lipinski definition) is 5. The molecule has 0 aliphatic carbocycles. The molecule has 0 bridgehead atoms. The van der Waals surface area contributed by atoms with Gasteiger partial charge in [-0.05, 0) is 6.07 Å². The summed E-state index contributed by atoms with van der Waals surface area (Å²) in [5.41, 5.74) is 5.09. The summed E-state index contributed by atoms with van der Waals surface area (Å²) in [5, 5.41) is 18.3. The number of hydrogen-bond donors (Lipinski definition) is 3. The molecule has 0 saturated heterocycles. The smallest absolute Gasteiger partial charge is 0.253 e. The molecule has 1 atom stereocenters. The van der Waals surface area contributed by atoms with E-state index >= 15 is 0 Å². The van der Waals surface area contributed by atoms with Gasteiger partial charge in [0.25, 0.3) is 5.91 Å². The molecule has 7 nitrogen and oxygen atoms in total. The van der Waals surface area contributed by atoms with Gasteiger partial charge in [0.05, 0.1) is 24.5 Å². The molecule has 1 rings (SSSR count). The van der Waals surface area contributed by atoms with Crippen molar-refractivity contribution in [2.75, 3.05) is 6.54 Å². The third kappa shape index (κ3) is 3.31. The number of amides is 2. The zero-order chi connectivity index (χ0) is 11.3. The van der Waals surface area contributed by atoms with Crippen molar-refractivity contribution < 1.29 is 14.7 Å². The summed E-state index contributed by atoms with van der Waals surface area (Å²) in [4.78, 5) is 21.8. The monoisotopic (exact) mass is 210 g/mol. The van der Waals surface area contributed by atoms with Crippen LogP contribution < -0.4 is 11.1 Å². The van der Waals surface area contributed by atoms with Gasteiger partial charge in [0.15, 0.2) is 0 Å². The maximum atomic E-state index is 11.3. The van der Waals surface area contributed by atoms with Gasteiger partial charge in [0.2, 0.25) is 5.91 Å². The minimum atomic E-state index is -1.39. The van der Waals surface area contributed by atoms with Gasteiger partial charge < -0.3 is 16.2 Å². The molecule has 0 fully saturated rings. The molecule has 2 amide bonds. The molecular formula is C8H10N4O3. The third-order valence-electron chi connectivity index (χ3n) is 1.63. The van der Waals surface area contributed by atoms with Crippen LogP contribution in [0.5, 0.6) is 0 Å². The topological polar surface area (TPSA) is 118 Å². The van der Waals surface area contributed by atoms with Crippen molar-refractivity contribution in [3.63, 3.8) is 0 Å². The van der Waals surface area contributed by atoms with E-state index in [0.29, 0.717) is 5.56 Å². The van der Waals surface area contributed by atoms with E-state index in [-0.39, 0.29) is 6.54 Å². The molecule has 80 valence electrons. The van der Waals surface area contributed by atoms with Gasteiger partial charge in [-0.15, -0.1) is 0 Å². The van der Waals surface area contributed by atoms with Crippen LogP contribution in [0.15, 0.2) is 18.5 Å². The second-order valence-electron chi connectivity index (χ2n) is 2.76. The Morgan fingerprint density at radius 3 is 2.80 bits per heavy atom. The van der Waals surface area contributed by atoms with Gasteiger partial charge in [0.1, 0.15) is 6.10 Å². The molecule has 0 aromatic carbocycles. The van der Waals surface area contributed by atoms with Crippen molar-refractivity contribution in [2.45, 2.75) is 6.10 Å². The largest absolute Gasteiger partial charge is 0.381 e. The molecule has 0 radical (unpaired) electrons. The van der Waals surface area contributed by atoms with E-state index in [1.165, 1.54) is 18.5 Å². The maximum Gasteiger partial charge on any atom is 0.253 e. The Bertz CT molecular complexity index is 354. The molecule has 7 heteroatoms. The predicted molar refractivity (Wildman–Crippen MR) is 49.6 cm³/mol. The van der Waals surface area contributed by atoms with E-state index in [1.807, 2.05) is 0 Å². The van der Waals surface area contributed by atoms with Crippen LogP contribution in [0, 0.1) is 0 Å². The second-order valence-corrected chi connectivity index (χ2v) is 2.76. The standard InChI is InChI=1S/C8H10N4O3/c9-7(14)6(13)4-10-8(15)5-1-2-11-12-3-5/h1-3,6,13H,4H2,(H2,9,14)(H,10,15). The van der Waals surface area contributed by atoms with Crippen LogP contribution in [0.3, 0.4) is 0 Å². The minimum absolute atomic E-state index is 0.226. The number of carbonyl (C=O) groups excluding carboxylic acids is 2. The van der Waals surface area contributed by atoms with Crippen molar-refractivity contribution in [3.8, 4) is 0 Å². The molecule has 1 aromatic heterocycles. The van der Waals surface area contributed by atoms with Gasteiger partial charge in [-0.3, -0.25) is 9.59 Å². The van der Waals surface area contributed by atoms with E-state index in [1.54, 1.807) is 0 Å². The fourth-order valence-corrected chi connectivity index (χ4v) is 0.817. The fourth-order valence-electron chi connectivity index (χ4n) is 0.817. The number of aliphatic hydroxyl groups excluding tert-OH is 1. The first kappa shape index (κ1) is 11.1. The highest BCUT2D eigenvalue weighted by atomic mass is 16.3. The van der Waals surface area contributed by atoms with Crippen LogP contribution >= 0.6 is 0 Å². The first-order valence-electron chi connectivity index (χ1n) is 4.13. The first-order valence-corrected chi connectivity index (χ1v) is 4.13. The summed E-state index contributed by atoms with van der Waals surface area (Å²) in [6, 6.07) is 1.46. The van der Waals surface area contributed by atoms with Crippen LogP contribution in [0.25, 0.3) is 0 Å². The molecular weight excluding hydrogens is 200 g/mol.